The summed E-state index contributed by atoms with van der Waals surface area (Å²) in [7, 11) is 0. The highest BCUT2D eigenvalue weighted by Gasteiger charge is 2.33. The molecular formula is C12H21NO2. The van der Waals surface area contributed by atoms with Crippen molar-refractivity contribution in [3.63, 3.8) is 0 Å². The maximum Gasteiger partial charge on any atom is 0.310 e. The number of hydrogen-bond donors (Lipinski definition) is 1. The van der Waals surface area contributed by atoms with E-state index in [9.17, 15) is 4.79 Å². The number of esters is 1. The molecule has 0 aromatic carbocycles. The molecule has 2 N–H and O–H groups in total. The second-order valence-electron chi connectivity index (χ2n) is 4.90. The second kappa shape index (κ2) is 4.97. The van der Waals surface area contributed by atoms with Crippen LogP contribution in [0.3, 0.4) is 0 Å². The number of hydrogen-bond acceptors (Lipinski definition) is 3. The SMILES string of the molecule is NC1CCCC1C(=O)OC1CCCCC1. The Balaban J connectivity index is 1.80. The van der Waals surface area contributed by atoms with Crippen LogP contribution < -0.4 is 5.73 Å². The molecule has 0 spiro atoms. The van der Waals surface area contributed by atoms with Gasteiger partial charge in [-0.1, -0.05) is 12.8 Å². The zero-order valence-corrected chi connectivity index (χ0v) is 9.28. The predicted octanol–water partition coefficient (Wildman–Crippen LogP) is 1.99. The Morgan fingerprint density at radius 3 is 2.33 bits per heavy atom. The van der Waals surface area contributed by atoms with Gasteiger partial charge in [-0.05, 0) is 38.5 Å². The van der Waals surface area contributed by atoms with E-state index < -0.39 is 0 Å². The summed E-state index contributed by atoms with van der Waals surface area (Å²) in [4.78, 5) is 11.8. The fraction of sp³-hybridized carbons (Fsp3) is 0.917. The lowest BCUT2D eigenvalue weighted by Gasteiger charge is -2.24. The topological polar surface area (TPSA) is 52.3 Å². The normalized spacial score (nSPS) is 32.9. The van der Waals surface area contributed by atoms with Gasteiger partial charge < -0.3 is 10.5 Å². The third-order valence-electron chi connectivity index (χ3n) is 3.71. The monoisotopic (exact) mass is 211 g/mol. The molecule has 0 heterocycles. The summed E-state index contributed by atoms with van der Waals surface area (Å²) in [6.45, 7) is 0. The summed E-state index contributed by atoms with van der Waals surface area (Å²) in [5, 5.41) is 0. The largest absolute Gasteiger partial charge is 0.462 e. The summed E-state index contributed by atoms with van der Waals surface area (Å²) in [6, 6.07) is 0.0427. The standard InChI is InChI=1S/C12H21NO2/c13-11-8-4-7-10(11)12(14)15-9-5-2-1-3-6-9/h9-11H,1-8,13H2. The van der Waals surface area contributed by atoms with E-state index >= 15 is 0 Å². The van der Waals surface area contributed by atoms with E-state index in [2.05, 4.69) is 0 Å². The van der Waals surface area contributed by atoms with Gasteiger partial charge in [-0.3, -0.25) is 4.79 Å². The zero-order valence-electron chi connectivity index (χ0n) is 9.28. The number of nitrogens with two attached hydrogens (primary N) is 1. The van der Waals surface area contributed by atoms with Crippen molar-refractivity contribution in [2.75, 3.05) is 0 Å². The molecule has 2 saturated carbocycles. The summed E-state index contributed by atoms with van der Waals surface area (Å²) in [6.07, 6.45) is 8.95. The van der Waals surface area contributed by atoms with Crippen LogP contribution in [0.1, 0.15) is 51.4 Å². The smallest absolute Gasteiger partial charge is 0.310 e. The lowest BCUT2D eigenvalue weighted by molar-refractivity contribution is -0.155. The molecule has 2 aliphatic rings. The number of carbonyl (C=O) groups is 1. The Bertz CT molecular complexity index is 224. The molecule has 15 heavy (non-hydrogen) atoms. The minimum Gasteiger partial charge on any atom is -0.462 e. The molecule has 2 rings (SSSR count). The molecule has 2 unspecified atom stereocenters. The fourth-order valence-electron chi connectivity index (χ4n) is 2.72. The maximum atomic E-state index is 11.8. The van der Waals surface area contributed by atoms with Crippen LogP contribution in [0.15, 0.2) is 0 Å². The van der Waals surface area contributed by atoms with Gasteiger partial charge in [0, 0.05) is 6.04 Å². The van der Waals surface area contributed by atoms with E-state index in [1.54, 1.807) is 0 Å². The molecule has 2 fully saturated rings. The number of ether oxygens (including phenoxy) is 1. The molecule has 2 atom stereocenters. The van der Waals surface area contributed by atoms with Crippen molar-refractivity contribution in [3.8, 4) is 0 Å². The Morgan fingerprint density at radius 1 is 1.00 bits per heavy atom. The predicted molar refractivity (Wildman–Crippen MR) is 58.3 cm³/mol. The van der Waals surface area contributed by atoms with Gasteiger partial charge >= 0.3 is 5.97 Å². The second-order valence-corrected chi connectivity index (χ2v) is 4.90. The van der Waals surface area contributed by atoms with Crippen molar-refractivity contribution < 1.29 is 9.53 Å². The van der Waals surface area contributed by atoms with Crippen LogP contribution in [0.4, 0.5) is 0 Å². The van der Waals surface area contributed by atoms with Crippen molar-refractivity contribution in [1.82, 2.24) is 0 Å². The van der Waals surface area contributed by atoms with Gasteiger partial charge in [-0.15, -0.1) is 0 Å². The molecule has 0 amide bonds. The first-order chi connectivity index (χ1) is 7.27. The van der Waals surface area contributed by atoms with Gasteiger partial charge in [0.1, 0.15) is 6.10 Å². The van der Waals surface area contributed by atoms with Gasteiger partial charge in [0.15, 0.2) is 0 Å². The Labute approximate surface area is 91.4 Å². The summed E-state index contributed by atoms with van der Waals surface area (Å²) in [5.41, 5.74) is 5.88. The van der Waals surface area contributed by atoms with Crippen LogP contribution in [-0.4, -0.2) is 18.1 Å². The summed E-state index contributed by atoms with van der Waals surface area (Å²) >= 11 is 0. The van der Waals surface area contributed by atoms with Crippen molar-refractivity contribution in [3.05, 3.63) is 0 Å². The van der Waals surface area contributed by atoms with Crippen LogP contribution in [0, 0.1) is 5.92 Å². The summed E-state index contributed by atoms with van der Waals surface area (Å²) in [5.74, 6) is -0.0566. The van der Waals surface area contributed by atoms with Gasteiger partial charge in [0.05, 0.1) is 5.92 Å². The lowest BCUT2D eigenvalue weighted by atomic mass is 9.97. The van der Waals surface area contributed by atoms with E-state index in [0.29, 0.717) is 0 Å². The molecule has 0 bridgehead atoms. The average Bonchev–Trinajstić information content (AvgIpc) is 2.66. The van der Waals surface area contributed by atoms with Gasteiger partial charge in [0.25, 0.3) is 0 Å². The molecule has 0 radical (unpaired) electrons. The van der Waals surface area contributed by atoms with Gasteiger partial charge in [-0.25, -0.2) is 0 Å². The van der Waals surface area contributed by atoms with E-state index in [1.807, 2.05) is 0 Å². The molecule has 3 nitrogen and oxygen atoms in total. The molecular weight excluding hydrogens is 190 g/mol. The molecule has 86 valence electrons. The van der Waals surface area contributed by atoms with E-state index in [1.165, 1.54) is 19.3 Å². The van der Waals surface area contributed by atoms with Crippen molar-refractivity contribution in [2.24, 2.45) is 11.7 Å². The first-order valence-corrected chi connectivity index (χ1v) is 6.23. The molecule has 2 aliphatic carbocycles. The highest BCUT2D eigenvalue weighted by molar-refractivity contribution is 5.73. The first-order valence-electron chi connectivity index (χ1n) is 6.23. The maximum absolute atomic E-state index is 11.8. The quantitative estimate of drug-likeness (QED) is 0.711. The molecule has 0 aromatic rings. The lowest BCUT2D eigenvalue weighted by Crippen LogP contribution is -2.34. The van der Waals surface area contributed by atoms with Crippen molar-refractivity contribution in [1.29, 1.82) is 0 Å². The highest BCUT2D eigenvalue weighted by Crippen LogP contribution is 2.27. The highest BCUT2D eigenvalue weighted by atomic mass is 16.5. The van der Waals surface area contributed by atoms with Gasteiger partial charge in [0.2, 0.25) is 0 Å². The minimum atomic E-state index is -0.0353. The zero-order chi connectivity index (χ0) is 10.7. The van der Waals surface area contributed by atoms with E-state index in [-0.39, 0.29) is 24.0 Å². The molecule has 3 heteroatoms. The Hall–Kier alpha value is -0.570. The molecule has 0 aromatic heterocycles. The van der Waals surface area contributed by atoms with Crippen LogP contribution in [0.5, 0.6) is 0 Å². The van der Waals surface area contributed by atoms with Crippen LogP contribution in [0.2, 0.25) is 0 Å². The third kappa shape index (κ3) is 2.71. The van der Waals surface area contributed by atoms with Crippen LogP contribution in [0.25, 0.3) is 0 Å². The average molecular weight is 211 g/mol. The summed E-state index contributed by atoms with van der Waals surface area (Å²) < 4.78 is 5.53. The first kappa shape index (κ1) is 10.9. The Morgan fingerprint density at radius 2 is 1.73 bits per heavy atom. The minimum absolute atomic E-state index is 0.0214. The fourth-order valence-corrected chi connectivity index (χ4v) is 2.72. The van der Waals surface area contributed by atoms with E-state index in [0.717, 1.165) is 32.1 Å². The molecule has 0 aliphatic heterocycles. The van der Waals surface area contributed by atoms with Crippen LogP contribution >= 0.6 is 0 Å². The number of carbonyl (C=O) groups excluding carboxylic acids is 1. The van der Waals surface area contributed by atoms with Gasteiger partial charge in [-0.2, -0.15) is 0 Å². The van der Waals surface area contributed by atoms with Crippen molar-refractivity contribution >= 4 is 5.97 Å². The molecule has 0 saturated heterocycles. The Kier molecular flexibility index (Phi) is 3.62. The van der Waals surface area contributed by atoms with E-state index in [4.69, 9.17) is 10.5 Å². The van der Waals surface area contributed by atoms with Crippen LogP contribution in [-0.2, 0) is 9.53 Å². The third-order valence-corrected chi connectivity index (χ3v) is 3.71. The number of rotatable bonds is 2. The van der Waals surface area contributed by atoms with Crippen molar-refractivity contribution in [2.45, 2.75) is 63.5 Å².